The van der Waals surface area contributed by atoms with Crippen molar-refractivity contribution in [1.29, 1.82) is 0 Å². The minimum atomic E-state index is -5.15. The number of hydrogen-bond donors (Lipinski definition) is 1. The number of carbonyl (C=O) groups excluding carboxylic acids is 1. The molecule has 0 spiro atoms. The second-order valence-corrected chi connectivity index (χ2v) is 5.87. The Balaban J connectivity index is 5.14. The first-order chi connectivity index (χ1) is 7.52. The van der Waals surface area contributed by atoms with Crippen LogP contribution in [0.4, 0.5) is 13.2 Å². The van der Waals surface area contributed by atoms with Crippen molar-refractivity contribution in [3.05, 3.63) is 12.7 Å². The van der Waals surface area contributed by atoms with Crippen LogP contribution in [0.25, 0.3) is 0 Å². The number of amides is 1. The summed E-state index contributed by atoms with van der Waals surface area (Å²) >= 11 is 0. The first kappa shape index (κ1) is 16.1. The van der Waals surface area contributed by atoms with Crippen LogP contribution in [0.15, 0.2) is 17.0 Å². The fourth-order valence-corrected chi connectivity index (χ4v) is 2.36. The number of halogens is 3. The van der Waals surface area contributed by atoms with Crippen molar-refractivity contribution in [2.45, 2.75) is 31.7 Å². The van der Waals surface area contributed by atoms with E-state index < -0.39 is 27.2 Å². The summed E-state index contributed by atoms with van der Waals surface area (Å²) in [6.07, 6.45) is -3.20. The van der Waals surface area contributed by atoms with Gasteiger partial charge in [-0.25, -0.2) is 9.35 Å². The van der Waals surface area contributed by atoms with Gasteiger partial charge in [0, 0.05) is 0 Å². The van der Waals surface area contributed by atoms with Crippen LogP contribution in [0.2, 0.25) is 0 Å². The van der Waals surface area contributed by atoms with Gasteiger partial charge in [-0.1, -0.05) is 13.0 Å². The van der Waals surface area contributed by atoms with Crippen molar-refractivity contribution in [1.82, 2.24) is 0 Å². The van der Waals surface area contributed by atoms with Gasteiger partial charge >= 0.3 is 12.1 Å². The van der Waals surface area contributed by atoms with E-state index in [-0.39, 0.29) is 5.92 Å². The first-order valence-corrected chi connectivity index (χ1v) is 6.42. The third kappa shape index (κ3) is 4.86. The van der Waals surface area contributed by atoms with E-state index in [1.807, 2.05) is 0 Å². The molecule has 8 heteroatoms. The van der Waals surface area contributed by atoms with Gasteiger partial charge in [0.1, 0.15) is 9.92 Å². The van der Waals surface area contributed by atoms with Crippen LogP contribution in [-0.4, -0.2) is 21.5 Å². The van der Waals surface area contributed by atoms with Gasteiger partial charge in [0.05, 0.1) is 5.25 Å². The van der Waals surface area contributed by atoms with Crippen LogP contribution >= 0.6 is 0 Å². The topological polar surface area (TPSA) is 72.5 Å². The molecule has 0 fully saturated rings. The van der Waals surface area contributed by atoms with E-state index in [0.29, 0.717) is 6.42 Å². The molecular weight excluding hydrogens is 257 g/mol. The van der Waals surface area contributed by atoms with E-state index in [0.717, 1.165) is 0 Å². The first-order valence-electron chi connectivity index (χ1n) is 4.78. The van der Waals surface area contributed by atoms with Crippen molar-refractivity contribution in [3.8, 4) is 0 Å². The molecule has 0 rings (SSSR count). The zero-order valence-corrected chi connectivity index (χ0v) is 10.3. The zero-order valence-electron chi connectivity index (χ0n) is 9.53. The van der Waals surface area contributed by atoms with Crippen LogP contribution in [0.3, 0.4) is 0 Å². The highest BCUT2D eigenvalue weighted by Gasteiger charge is 2.40. The number of hydrogen-bond acceptors (Lipinski definition) is 2. The molecule has 0 radical (unpaired) electrons. The van der Waals surface area contributed by atoms with Gasteiger partial charge in [-0.15, -0.1) is 10.9 Å². The summed E-state index contributed by atoms with van der Waals surface area (Å²) in [7, 11) is -3.71. The van der Waals surface area contributed by atoms with Crippen molar-refractivity contribution in [2.24, 2.45) is 15.4 Å². The van der Waals surface area contributed by atoms with Gasteiger partial charge in [0.15, 0.2) is 0 Å². The molecule has 0 aliphatic heterocycles. The monoisotopic (exact) mass is 272 g/mol. The molecule has 17 heavy (non-hydrogen) atoms. The van der Waals surface area contributed by atoms with Crippen LogP contribution in [-0.2, 0) is 14.7 Å². The molecule has 0 bridgehead atoms. The molecule has 0 aliphatic carbocycles. The lowest BCUT2D eigenvalue weighted by molar-refractivity contribution is -0.169. The molecule has 0 aliphatic rings. The van der Waals surface area contributed by atoms with Gasteiger partial charge < -0.3 is 0 Å². The fraction of sp³-hybridized carbons (Fsp3) is 0.667. The molecule has 0 saturated heterocycles. The molecule has 3 atom stereocenters. The molecular formula is C9H15F3N2O2S. The number of alkyl halides is 3. The van der Waals surface area contributed by atoms with Gasteiger partial charge in [-0.3, -0.25) is 4.79 Å². The second-order valence-electron chi connectivity index (χ2n) is 3.71. The third-order valence-electron chi connectivity index (χ3n) is 2.34. The maximum absolute atomic E-state index is 12.0. The van der Waals surface area contributed by atoms with Crippen LogP contribution in [0.1, 0.15) is 20.3 Å². The molecule has 1 amide bonds. The smallest absolute Gasteiger partial charge is 0.261 e. The number of nitrogens with zero attached hydrogens (tertiary/aromatic N) is 1. The Morgan fingerprint density at radius 1 is 1.53 bits per heavy atom. The molecule has 1 unspecified atom stereocenters. The number of allylic oxidation sites excluding steroid dienone is 1. The Kier molecular flexibility index (Phi) is 5.34. The molecule has 100 valence electrons. The summed E-state index contributed by atoms with van der Waals surface area (Å²) in [5.41, 5.74) is 0. The van der Waals surface area contributed by atoms with Gasteiger partial charge in [-0.05, 0) is 19.3 Å². The van der Waals surface area contributed by atoms with E-state index in [1.165, 1.54) is 13.0 Å². The Labute approximate surface area is 98.4 Å². The summed E-state index contributed by atoms with van der Waals surface area (Å²) in [6.45, 7) is 6.49. The minimum absolute atomic E-state index is 0.283. The number of carbonyl (C=O) groups is 1. The molecule has 0 saturated carbocycles. The van der Waals surface area contributed by atoms with E-state index in [1.54, 1.807) is 6.92 Å². The van der Waals surface area contributed by atoms with Crippen molar-refractivity contribution < 1.29 is 22.2 Å². The van der Waals surface area contributed by atoms with E-state index in [2.05, 4.69) is 10.9 Å². The fourth-order valence-electron chi connectivity index (χ4n) is 1.05. The van der Waals surface area contributed by atoms with Gasteiger partial charge in [-0.2, -0.15) is 13.2 Å². The van der Waals surface area contributed by atoms with Crippen LogP contribution in [0.5, 0.6) is 0 Å². The van der Waals surface area contributed by atoms with Gasteiger partial charge in [0.2, 0.25) is 0 Å². The molecule has 4 nitrogen and oxygen atoms in total. The van der Waals surface area contributed by atoms with E-state index in [9.17, 15) is 22.2 Å². The quantitative estimate of drug-likeness (QED) is 0.795. The molecule has 2 N–H and O–H groups in total. The lowest BCUT2D eigenvalue weighted by Crippen LogP contribution is -2.34. The summed E-state index contributed by atoms with van der Waals surface area (Å²) < 4.78 is 50.2. The second kappa shape index (κ2) is 5.63. The Bertz CT molecular complexity index is 411. The summed E-state index contributed by atoms with van der Waals surface area (Å²) in [4.78, 5) is 10.6. The number of nitrogens with two attached hydrogens (primary N) is 1. The molecule has 0 aromatic rings. The van der Waals surface area contributed by atoms with Crippen molar-refractivity contribution in [2.75, 3.05) is 0 Å². The normalized spacial score (nSPS) is 18.9. The van der Waals surface area contributed by atoms with Gasteiger partial charge in [0.25, 0.3) is 0 Å². The summed E-state index contributed by atoms with van der Waals surface area (Å²) in [6, 6.07) is 0. The van der Waals surface area contributed by atoms with Crippen LogP contribution in [0, 0.1) is 5.92 Å². The number of rotatable bonds is 4. The highest BCUT2D eigenvalue weighted by Crippen LogP contribution is 2.20. The van der Waals surface area contributed by atoms with Crippen molar-refractivity contribution >= 4 is 15.8 Å². The zero-order chi connectivity index (χ0) is 13.9. The Morgan fingerprint density at radius 3 is 2.35 bits per heavy atom. The summed E-state index contributed by atoms with van der Waals surface area (Å²) in [5, 5.41) is 4.35. The molecule has 0 aromatic carbocycles. The lowest BCUT2D eigenvalue weighted by atomic mass is 10.1. The van der Waals surface area contributed by atoms with Crippen molar-refractivity contribution in [3.63, 3.8) is 0 Å². The highest BCUT2D eigenvalue weighted by molar-refractivity contribution is 7.92. The van der Waals surface area contributed by atoms with E-state index >= 15 is 0 Å². The average molecular weight is 272 g/mol. The SMILES string of the molecule is C=CC[C@H](C)[C@@H](C)S(N)(=O)=NC(=O)C(F)(F)F. The highest BCUT2D eigenvalue weighted by atomic mass is 32.2. The lowest BCUT2D eigenvalue weighted by Gasteiger charge is -2.19. The maximum atomic E-state index is 12.0. The average Bonchev–Trinajstić information content (AvgIpc) is 2.14. The summed E-state index contributed by atoms with van der Waals surface area (Å²) in [5.74, 6) is -2.70. The Morgan fingerprint density at radius 2 is 2.00 bits per heavy atom. The standard InChI is InChI=1S/C9H15F3N2O2S/c1-4-5-6(2)7(3)17(13,16)14-8(15)9(10,11)12/h4,6-7H,1,5H2,2-3H3,(H2,13,14,15,16)/t6-,7+,17?/m0/s1. The molecule has 0 aromatic heterocycles. The predicted molar refractivity (Wildman–Crippen MR) is 59.3 cm³/mol. The maximum Gasteiger partial charge on any atom is 0.474 e. The largest absolute Gasteiger partial charge is 0.474 e. The Hall–Kier alpha value is -0.890. The minimum Gasteiger partial charge on any atom is -0.261 e. The van der Waals surface area contributed by atoms with Crippen LogP contribution < -0.4 is 5.14 Å². The third-order valence-corrected chi connectivity index (χ3v) is 4.32. The van der Waals surface area contributed by atoms with E-state index in [4.69, 9.17) is 5.14 Å². The predicted octanol–water partition coefficient (Wildman–Crippen LogP) is 2.02. The molecule has 0 heterocycles.